The zero-order valence-corrected chi connectivity index (χ0v) is 10.7. The molecule has 0 aliphatic carbocycles. The average molecular weight is 248 g/mol. The van der Waals surface area contributed by atoms with Crippen molar-refractivity contribution < 1.29 is 13.2 Å². The quantitative estimate of drug-likeness (QED) is 0.796. The molecule has 0 aromatic rings. The van der Waals surface area contributed by atoms with Crippen LogP contribution in [0.15, 0.2) is 0 Å². The Bertz CT molecular complexity index is 322. The molecule has 0 radical (unpaired) electrons. The number of sulfone groups is 1. The van der Waals surface area contributed by atoms with Crippen molar-refractivity contribution in [1.29, 1.82) is 0 Å². The van der Waals surface area contributed by atoms with Gasteiger partial charge in [0, 0.05) is 19.1 Å². The molecule has 1 rings (SSSR count). The van der Waals surface area contributed by atoms with Gasteiger partial charge in [-0.1, -0.05) is 0 Å². The molecule has 0 spiro atoms. The zero-order chi connectivity index (χ0) is 12.2. The second-order valence-electron chi connectivity index (χ2n) is 4.05. The Morgan fingerprint density at radius 2 is 1.75 bits per heavy atom. The molecule has 0 saturated carbocycles. The van der Waals surface area contributed by atoms with Crippen LogP contribution in [0.4, 0.5) is 4.79 Å². The van der Waals surface area contributed by atoms with Gasteiger partial charge in [0.25, 0.3) is 0 Å². The third-order valence-electron chi connectivity index (χ3n) is 2.93. The maximum absolute atomic E-state index is 11.7. The summed E-state index contributed by atoms with van der Waals surface area (Å²) < 4.78 is 22.4. The van der Waals surface area contributed by atoms with E-state index in [0.717, 1.165) is 0 Å². The number of urea groups is 1. The van der Waals surface area contributed by atoms with Crippen LogP contribution in [0.5, 0.6) is 0 Å². The molecule has 1 fully saturated rings. The Kier molecular flexibility index (Phi) is 4.58. The fourth-order valence-electron chi connectivity index (χ4n) is 1.81. The van der Waals surface area contributed by atoms with Crippen molar-refractivity contribution in [2.24, 2.45) is 0 Å². The van der Waals surface area contributed by atoms with Gasteiger partial charge in [-0.3, -0.25) is 0 Å². The lowest BCUT2D eigenvalue weighted by atomic mass is 10.1. The van der Waals surface area contributed by atoms with E-state index < -0.39 is 9.84 Å². The molecule has 1 heterocycles. The van der Waals surface area contributed by atoms with Crippen molar-refractivity contribution in [2.45, 2.75) is 32.7 Å². The second kappa shape index (κ2) is 5.52. The van der Waals surface area contributed by atoms with Gasteiger partial charge in [-0.15, -0.1) is 0 Å². The topological polar surface area (TPSA) is 66.5 Å². The molecule has 1 aliphatic heterocycles. The summed E-state index contributed by atoms with van der Waals surface area (Å²) in [7, 11) is -2.85. The number of carbonyl (C=O) groups excluding carboxylic acids is 1. The summed E-state index contributed by atoms with van der Waals surface area (Å²) in [5.41, 5.74) is 0. The molecule has 0 bridgehead atoms. The first-order valence-corrected chi connectivity index (χ1v) is 7.56. The lowest BCUT2D eigenvalue weighted by Crippen LogP contribution is -2.47. The van der Waals surface area contributed by atoms with E-state index in [1.54, 1.807) is 4.90 Å². The van der Waals surface area contributed by atoms with Crippen molar-refractivity contribution in [1.82, 2.24) is 10.2 Å². The molecule has 1 aliphatic rings. The van der Waals surface area contributed by atoms with E-state index in [1.165, 1.54) is 0 Å². The normalized spacial score (nSPS) is 20.4. The van der Waals surface area contributed by atoms with E-state index in [9.17, 15) is 13.2 Å². The minimum Gasteiger partial charge on any atom is -0.335 e. The van der Waals surface area contributed by atoms with Crippen LogP contribution in [0.3, 0.4) is 0 Å². The van der Waals surface area contributed by atoms with Crippen LogP contribution >= 0.6 is 0 Å². The van der Waals surface area contributed by atoms with Gasteiger partial charge in [0.2, 0.25) is 0 Å². The SMILES string of the molecule is CCN(CC)C(=O)NC1CCS(=O)(=O)CC1. The van der Waals surface area contributed by atoms with Crippen molar-refractivity contribution in [3.05, 3.63) is 0 Å². The number of nitrogens with one attached hydrogen (secondary N) is 1. The van der Waals surface area contributed by atoms with E-state index in [1.807, 2.05) is 13.8 Å². The van der Waals surface area contributed by atoms with Gasteiger partial charge in [0.15, 0.2) is 0 Å². The van der Waals surface area contributed by atoms with Crippen LogP contribution < -0.4 is 5.32 Å². The van der Waals surface area contributed by atoms with E-state index in [0.29, 0.717) is 25.9 Å². The van der Waals surface area contributed by atoms with E-state index in [-0.39, 0.29) is 23.6 Å². The summed E-state index contributed by atoms with van der Waals surface area (Å²) in [6, 6.07) is -0.0778. The number of amides is 2. The summed E-state index contributed by atoms with van der Waals surface area (Å²) in [6.07, 6.45) is 1.07. The van der Waals surface area contributed by atoms with Crippen molar-refractivity contribution in [3.63, 3.8) is 0 Å². The van der Waals surface area contributed by atoms with Crippen LogP contribution in [0, 0.1) is 0 Å². The first-order valence-electron chi connectivity index (χ1n) is 5.74. The Morgan fingerprint density at radius 3 is 2.19 bits per heavy atom. The number of carbonyl (C=O) groups is 1. The van der Waals surface area contributed by atoms with Gasteiger partial charge in [-0.25, -0.2) is 13.2 Å². The van der Waals surface area contributed by atoms with Gasteiger partial charge >= 0.3 is 6.03 Å². The van der Waals surface area contributed by atoms with E-state index in [4.69, 9.17) is 0 Å². The first-order chi connectivity index (χ1) is 7.48. The molecule has 0 aromatic carbocycles. The van der Waals surface area contributed by atoms with Crippen LogP contribution in [0.25, 0.3) is 0 Å². The van der Waals surface area contributed by atoms with Crippen LogP contribution in [0.1, 0.15) is 26.7 Å². The molecule has 1 saturated heterocycles. The number of hydrogen-bond acceptors (Lipinski definition) is 3. The minimum absolute atomic E-state index is 0.0108. The Hall–Kier alpha value is -0.780. The van der Waals surface area contributed by atoms with Crippen molar-refractivity contribution >= 4 is 15.9 Å². The van der Waals surface area contributed by atoms with Crippen LogP contribution in [-0.2, 0) is 9.84 Å². The fourth-order valence-corrected chi connectivity index (χ4v) is 3.30. The highest BCUT2D eigenvalue weighted by molar-refractivity contribution is 7.91. The van der Waals surface area contributed by atoms with Gasteiger partial charge in [-0.2, -0.15) is 0 Å². The highest BCUT2D eigenvalue weighted by atomic mass is 32.2. The Balaban J connectivity index is 2.42. The summed E-state index contributed by atoms with van der Waals surface area (Å²) in [6.45, 7) is 5.20. The summed E-state index contributed by atoms with van der Waals surface area (Å²) >= 11 is 0. The third-order valence-corrected chi connectivity index (χ3v) is 4.65. The highest BCUT2D eigenvalue weighted by Crippen LogP contribution is 2.12. The molecule has 2 amide bonds. The summed E-state index contributed by atoms with van der Waals surface area (Å²) in [4.78, 5) is 13.4. The highest BCUT2D eigenvalue weighted by Gasteiger charge is 2.25. The molecule has 0 unspecified atom stereocenters. The van der Waals surface area contributed by atoms with Gasteiger partial charge < -0.3 is 10.2 Å². The maximum atomic E-state index is 11.7. The minimum atomic E-state index is -2.85. The standard InChI is InChI=1S/C10H20N2O3S/c1-3-12(4-2)10(13)11-9-5-7-16(14,15)8-6-9/h9H,3-8H2,1-2H3,(H,11,13). The van der Waals surface area contributed by atoms with Crippen LogP contribution in [0.2, 0.25) is 0 Å². The lowest BCUT2D eigenvalue weighted by molar-refractivity contribution is 0.198. The smallest absolute Gasteiger partial charge is 0.317 e. The van der Waals surface area contributed by atoms with Crippen molar-refractivity contribution in [3.8, 4) is 0 Å². The number of rotatable bonds is 3. The average Bonchev–Trinajstić information content (AvgIpc) is 2.23. The molecule has 94 valence electrons. The number of nitrogens with zero attached hydrogens (tertiary/aromatic N) is 1. The molecule has 6 heteroatoms. The monoisotopic (exact) mass is 248 g/mol. The molecule has 5 nitrogen and oxygen atoms in total. The fraction of sp³-hybridized carbons (Fsp3) is 0.900. The number of hydrogen-bond donors (Lipinski definition) is 1. The van der Waals surface area contributed by atoms with Gasteiger partial charge in [0.05, 0.1) is 11.5 Å². The predicted octanol–water partition coefficient (Wildman–Crippen LogP) is 0.615. The maximum Gasteiger partial charge on any atom is 0.317 e. The molecule has 16 heavy (non-hydrogen) atoms. The molecular weight excluding hydrogens is 228 g/mol. The third kappa shape index (κ3) is 3.66. The predicted molar refractivity (Wildman–Crippen MR) is 63.1 cm³/mol. The van der Waals surface area contributed by atoms with Crippen molar-refractivity contribution in [2.75, 3.05) is 24.6 Å². The summed E-state index contributed by atoms with van der Waals surface area (Å²) in [5.74, 6) is 0.381. The van der Waals surface area contributed by atoms with Crippen LogP contribution in [-0.4, -0.2) is 50.0 Å². The Labute approximate surface area is 97.1 Å². The van der Waals surface area contributed by atoms with E-state index in [2.05, 4.69) is 5.32 Å². The summed E-state index contributed by atoms with van der Waals surface area (Å²) in [5, 5.41) is 2.88. The molecular formula is C10H20N2O3S. The molecule has 0 atom stereocenters. The van der Waals surface area contributed by atoms with Gasteiger partial charge in [0.1, 0.15) is 9.84 Å². The molecule has 1 N–H and O–H groups in total. The molecule has 0 aromatic heterocycles. The van der Waals surface area contributed by atoms with Gasteiger partial charge in [-0.05, 0) is 26.7 Å². The first kappa shape index (κ1) is 13.3. The van der Waals surface area contributed by atoms with E-state index >= 15 is 0 Å². The second-order valence-corrected chi connectivity index (χ2v) is 6.35. The lowest BCUT2D eigenvalue weighted by Gasteiger charge is -2.27. The zero-order valence-electron chi connectivity index (χ0n) is 9.90. The largest absolute Gasteiger partial charge is 0.335 e. The Morgan fingerprint density at radius 1 is 1.25 bits per heavy atom.